The van der Waals surface area contributed by atoms with E-state index >= 15 is 0 Å². The molecule has 0 bridgehead atoms. The lowest BCUT2D eigenvalue weighted by molar-refractivity contribution is -0.122. The Hall–Kier alpha value is -0.530. The molecule has 1 rings (SSSR count). The molecule has 100 valence electrons. The lowest BCUT2D eigenvalue weighted by atomic mass is 9.69. The fourth-order valence-electron chi connectivity index (χ4n) is 2.83. The van der Waals surface area contributed by atoms with Crippen LogP contribution in [0.4, 0.5) is 0 Å². The van der Waals surface area contributed by atoms with E-state index in [1.54, 1.807) is 0 Å². The zero-order valence-electron chi connectivity index (χ0n) is 12.0. The second kappa shape index (κ2) is 6.42. The van der Waals surface area contributed by atoms with Crippen molar-refractivity contribution in [2.24, 2.45) is 11.3 Å². The summed E-state index contributed by atoms with van der Waals surface area (Å²) < 4.78 is 0. The van der Waals surface area contributed by atoms with Gasteiger partial charge in [-0.05, 0) is 43.4 Å². The SMILES string of the molecule is CCCC(=O)NC1CCC(C(C)(C)CC)CC1. The van der Waals surface area contributed by atoms with Gasteiger partial charge in [0.15, 0.2) is 0 Å². The van der Waals surface area contributed by atoms with Crippen LogP contribution in [-0.4, -0.2) is 11.9 Å². The zero-order chi connectivity index (χ0) is 12.9. The Bertz CT molecular complexity index is 239. The molecule has 0 atom stereocenters. The lowest BCUT2D eigenvalue weighted by Crippen LogP contribution is -2.39. The second-order valence-electron chi connectivity index (χ2n) is 6.21. The third-order valence-electron chi connectivity index (χ3n) is 4.59. The minimum atomic E-state index is 0.241. The molecule has 1 saturated carbocycles. The smallest absolute Gasteiger partial charge is 0.220 e. The molecule has 17 heavy (non-hydrogen) atoms. The van der Waals surface area contributed by atoms with E-state index in [-0.39, 0.29) is 5.91 Å². The molecule has 0 spiro atoms. The summed E-state index contributed by atoms with van der Waals surface area (Å²) in [5.74, 6) is 1.08. The van der Waals surface area contributed by atoms with Crippen molar-refractivity contribution in [2.45, 2.75) is 78.7 Å². The molecule has 1 amide bonds. The average molecular weight is 239 g/mol. The van der Waals surface area contributed by atoms with Gasteiger partial charge >= 0.3 is 0 Å². The monoisotopic (exact) mass is 239 g/mol. The standard InChI is InChI=1S/C15H29NO/c1-5-7-14(17)16-13-10-8-12(9-11-13)15(3,4)6-2/h12-13H,5-11H2,1-4H3,(H,16,17). The van der Waals surface area contributed by atoms with E-state index in [2.05, 4.69) is 33.0 Å². The molecule has 1 aliphatic rings. The van der Waals surface area contributed by atoms with Crippen LogP contribution in [0, 0.1) is 11.3 Å². The van der Waals surface area contributed by atoms with Crippen molar-refractivity contribution in [3.8, 4) is 0 Å². The van der Waals surface area contributed by atoms with Crippen LogP contribution in [0.25, 0.3) is 0 Å². The van der Waals surface area contributed by atoms with Gasteiger partial charge in [0.25, 0.3) is 0 Å². The summed E-state index contributed by atoms with van der Waals surface area (Å²) in [6.07, 6.45) is 7.78. The normalized spacial score (nSPS) is 25.6. The van der Waals surface area contributed by atoms with Gasteiger partial charge in [-0.1, -0.05) is 34.1 Å². The van der Waals surface area contributed by atoms with Gasteiger partial charge in [0.2, 0.25) is 5.91 Å². The van der Waals surface area contributed by atoms with Crippen molar-refractivity contribution >= 4 is 5.91 Å². The Morgan fingerprint density at radius 2 is 1.76 bits per heavy atom. The van der Waals surface area contributed by atoms with E-state index in [0.717, 1.165) is 12.3 Å². The maximum atomic E-state index is 11.5. The van der Waals surface area contributed by atoms with Crippen molar-refractivity contribution in [1.82, 2.24) is 5.32 Å². The van der Waals surface area contributed by atoms with E-state index in [4.69, 9.17) is 0 Å². The summed E-state index contributed by atoms with van der Waals surface area (Å²) in [4.78, 5) is 11.5. The summed E-state index contributed by atoms with van der Waals surface area (Å²) in [5.41, 5.74) is 0.471. The van der Waals surface area contributed by atoms with Crippen LogP contribution in [-0.2, 0) is 4.79 Å². The van der Waals surface area contributed by atoms with Gasteiger partial charge in [0.1, 0.15) is 0 Å². The number of carbonyl (C=O) groups excluding carboxylic acids is 1. The molecule has 2 heteroatoms. The summed E-state index contributed by atoms with van der Waals surface area (Å²) in [6, 6.07) is 0.443. The van der Waals surface area contributed by atoms with Crippen LogP contribution < -0.4 is 5.32 Å². The Morgan fingerprint density at radius 1 is 1.18 bits per heavy atom. The van der Waals surface area contributed by atoms with Crippen molar-refractivity contribution in [1.29, 1.82) is 0 Å². The molecule has 0 heterocycles. The largest absolute Gasteiger partial charge is 0.353 e. The first-order valence-electron chi connectivity index (χ1n) is 7.29. The van der Waals surface area contributed by atoms with Gasteiger partial charge in [-0.25, -0.2) is 0 Å². The zero-order valence-corrected chi connectivity index (χ0v) is 12.0. The predicted molar refractivity (Wildman–Crippen MR) is 72.9 cm³/mol. The molecule has 0 saturated heterocycles. The molecular formula is C15H29NO. The first kappa shape index (κ1) is 14.5. The third-order valence-corrected chi connectivity index (χ3v) is 4.59. The molecule has 1 aliphatic carbocycles. The molecule has 0 aromatic heterocycles. The van der Waals surface area contributed by atoms with Gasteiger partial charge in [-0.3, -0.25) is 4.79 Å². The first-order chi connectivity index (χ1) is 7.99. The quantitative estimate of drug-likeness (QED) is 0.774. The molecule has 0 aromatic rings. The summed E-state index contributed by atoms with van der Waals surface area (Å²) in [6.45, 7) is 9.11. The molecule has 0 aromatic carbocycles. The number of nitrogens with one attached hydrogen (secondary N) is 1. The highest BCUT2D eigenvalue weighted by Crippen LogP contribution is 2.40. The molecule has 1 fully saturated rings. The van der Waals surface area contributed by atoms with Crippen LogP contribution in [0.5, 0.6) is 0 Å². The third kappa shape index (κ3) is 4.33. The number of rotatable bonds is 5. The van der Waals surface area contributed by atoms with Crippen LogP contribution >= 0.6 is 0 Å². The summed E-state index contributed by atoms with van der Waals surface area (Å²) >= 11 is 0. The van der Waals surface area contributed by atoms with Gasteiger partial charge < -0.3 is 5.32 Å². The van der Waals surface area contributed by atoms with Crippen LogP contribution in [0.3, 0.4) is 0 Å². The summed E-state index contributed by atoms with van der Waals surface area (Å²) in [5, 5.41) is 3.17. The minimum absolute atomic E-state index is 0.241. The highest BCUT2D eigenvalue weighted by Gasteiger charge is 2.31. The predicted octanol–water partition coefficient (Wildman–Crippen LogP) is 3.90. The summed E-state index contributed by atoms with van der Waals surface area (Å²) in [7, 11) is 0. The topological polar surface area (TPSA) is 29.1 Å². The average Bonchev–Trinajstić information content (AvgIpc) is 2.30. The maximum absolute atomic E-state index is 11.5. The lowest BCUT2D eigenvalue weighted by Gasteiger charge is -2.39. The number of hydrogen-bond acceptors (Lipinski definition) is 1. The highest BCUT2D eigenvalue weighted by atomic mass is 16.1. The maximum Gasteiger partial charge on any atom is 0.220 e. The Morgan fingerprint density at radius 3 is 2.24 bits per heavy atom. The highest BCUT2D eigenvalue weighted by molar-refractivity contribution is 5.76. The van der Waals surface area contributed by atoms with E-state index in [1.807, 2.05) is 0 Å². The molecule has 0 unspecified atom stereocenters. The second-order valence-corrected chi connectivity index (χ2v) is 6.21. The van der Waals surface area contributed by atoms with Gasteiger partial charge in [-0.2, -0.15) is 0 Å². The Kier molecular flexibility index (Phi) is 5.48. The molecule has 0 aliphatic heterocycles. The van der Waals surface area contributed by atoms with Gasteiger partial charge in [-0.15, -0.1) is 0 Å². The molecule has 1 N–H and O–H groups in total. The molecule has 0 radical (unpaired) electrons. The Labute approximate surface area is 107 Å². The van der Waals surface area contributed by atoms with Crippen molar-refractivity contribution in [3.05, 3.63) is 0 Å². The van der Waals surface area contributed by atoms with E-state index < -0.39 is 0 Å². The Balaban J connectivity index is 2.33. The van der Waals surface area contributed by atoms with Crippen molar-refractivity contribution in [3.63, 3.8) is 0 Å². The number of amides is 1. The van der Waals surface area contributed by atoms with E-state index in [9.17, 15) is 4.79 Å². The number of carbonyl (C=O) groups is 1. The fraction of sp³-hybridized carbons (Fsp3) is 0.933. The van der Waals surface area contributed by atoms with Crippen LogP contribution in [0.2, 0.25) is 0 Å². The molecular weight excluding hydrogens is 210 g/mol. The van der Waals surface area contributed by atoms with Crippen LogP contribution in [0.1, 0.15) is 72.6 Å². The molecule has 2 nitrogen and oxygen atoms in total. The minimum Gasteiger partial charge on any atom is -0.353 e. The first-order valence-corrected chi connectivity index (χ1v) is 7.29. The van der Waals surface area contributed by atoms with Crippen molar-refractivity contribution in [2.75, 3.05) is 0 Å². The fourth-order valence-corrected chi connectivity index (χ4v) is 2.83. The van der Waals surface area contributed by atoms with Crippen molar-refractivity contribution < 1.29 is 4.79 Å². The van der Waals surface area contributed by atoms with Crippen LogP contribution in [0.15, 0.2) is 0 Å². The van der Waals surface area contributed by atoms with E-state index in [0.29, 0.717) is 17.9 Å². The van der Waals surface area contributed by atoms with Gasteiger partial charge in [0, 0.05) is 12.5 Å². The van der Waals surface area contributed by atoms with Gasteiger partial charge in [0.05, 0.1) is 0 Å². The number of hydrogen-bond donors (Lipinski definition) is 1. The van der Waals surface area contributed by atoms with E-state index in [1.165, 1.54) is 32.1 Å².